The lowest BCUT2D eigenvalue weighted by atomic mass is 9.97. The molecule has 1 aromatic carbocycles. The summed E-state index contributed by atoms with van der Waals surface area (Å²) >= 11 is 0. The molecule has 2 amide bonds. The Labute approximate surface area is 166 Å². The van der Waals surface area contributed by atoms with Crippen LogP contribution in [0.2, 0.25) is 0 Å². The number of amides is 2. The molecule has 0 spiro atoms. The molecule has 0 saturated carbocycles. The minimum Gasteiger partial charge on any atom is -0.485 e. The molecular weight excluding hydrogens is 360 g/mol. The summed E-state index contributed by atoms with van der Waals surface area (Å²) in [6.07, 6.45) is 0.946. The zero-order valence-corrected chi connectivity index (χ0v) is 17.1. The predicted octanol–water partition coefficient (Wildman–Crippen LogP) is 2.93. The third-order valence-electron chi connectivity index (χ3n) is 4.86. The van der Waals surface area contributed by atoms with Gasteiger partial charge < -0.3 is 24.0 Å². The minimum absolute atomic E-state index is 0.108. The van der Waals surface area contributed by atoms with Crippen LogP contribution in [0.25, 0.3) is 0 Å². The van der Waals surface area contributed by atoms with E-state index >= 15 is 0 Å². The van der Waals surface area contributed by atoms with Gasteiger partial charge in [0, 0.05) is 26.7 Å². The van der Waals surface area contributed by atoms with E-state index in [1.807, 2.05) is 39.0 Å². The SMILES string of the molecule is CN(C[C@H]1CCCN(C(=O)OC(C)(C)C)C1)C(=O)[C@@H]1COc2ccccc2O1. The average Bonchev–Trinajstić information content (AvgIpc) is 2.66. The Morgan fingerprint density at radius 2 is 1.96 bits per heavy atom. The van der Waals surface area contributed by atoms with Gasteiger partial charge in [-0.2, -0.15) is 0 Å². The third-order valence-corrected chi connectivity index (χ3v) is 4.86. The van der Waals surface area contributed by atoms with Gasteiger partial charge in [0.05, 0.1) is 0 Å². The maximum Gasteiger partial charge on any atom is 0.410 e. The number of likely N-dealkylation sites (N-methyl/N-ethyl adjacent to an activating group) is 1. The molecule has 28 heavy (non-hydrogen) atoms. The van der Waals surface area contributed by atoms with E-state index in [9.17, 15) is 9.59 Å². The number of carbonyl (C=O) groups excluding carboxylic acids is 2. The second-order valence-corrected chi connectivity index (χ2v) is 8.52. The van der Waals surface area contributed by atoms with Crippen LogP contribution < -0.4 is 9.47 Å². The molecule has 0 aliphatic carbocycles. The van der Waals surface area contributed by atoms with Crippen LogP contribution in [-0.4, -0.2) is 66.8 Å². The second-order valence-electron chi connectivity index (χ2n) is 8.52. The summed E-state index contributed by atoms with van der Waals surface area (Å²) < 4.78 is 16.9. The number of hydrogen-bond acceptors (Lipinski definition) is 5. The molecule has 7 nitrogen and oxygen atoms in total. The highest BCUT2D eigenvalue weighted by Gasteiger charge is 2.33. The number of rotatable bonds is 3. The number of piperidine rings is 1. The summed E-state index contributed by atoms with van der Waals surface area (Å²) in [5.41, 5.74) is -0.509. The van der Waals surface area contributed by atoms with Crippen LogP contribution >= 0.6 is 0 Å². The van der Waals surface area contributed by atoms with Gasteiger partial charge in [0.2, 0.25) is 6.10 Å². The van der Waals surface area contributed by atoms with Gasteiger partial charge in [0.1, 0.15) is 12.2 Å². The van der Waals surface area contributed by atoms with E-state index in [-0.39, 0.29) is 24.5 Å². The van der Waals surface area contributed by atoms with Crippen molar-refractivity contribution in [2.45, 2.75) is 45.3 Å². The molecule has 0 aromatic heterocycles. The summed E-state index contributed by atoms with van der Waals surface area (Å²) in [6.45, 7) is 7.65. The fraction of sp³-hybridized carbons (Fsp3) is 0.619. The number of benzene rings is 1. The number of carbonyl (C=O) groups is 2. The van der Waals surface area contributed by atoms with Crippen molar-refractivity contribution in [3.63, 3.8) is 0 Å². The quantitative estimate of drug-likeness (QED) is 0.794. The summed E-state index contributed by atoms with van der Waals surface area (Å²) in [5.74, 6) is 1.36. The van der Waals surface area contributed by atoms with Gasteiger partial charge in [-0.05, 0) is 51.7 Å². The zero-order chi connectivity index (χ0) is 20.3. The summed E-state index contributed by atoms with van der Waals surface area (Å²) in [7, 11) is 1.78. The summed E-state index contributed by atoms with van der Waals surface area (Å²) in [4.78, 5) is 28.6. The Bertz CT molecular complexity index is 715. The highest BCUT2D eigenvalue weighted by atomic mass is 16.6. The molecule has 2 aliphatic heterocycles. The standard InChI is InChI=1S/C21H30N2O5/c1-21(2,3)28-20(25)23-11-7-8-15(13-23)12-22(4)19(24)18-14-26-16-9-5-6-10-17(16)27-18/h5-6,9-10,15,18H,7-8,11-14H2,1-4H3/t15-,18+/m1/s1. The van der Waals surface area contributed by atoms with Gasteiger partial charge in [0.25, 0.3) is 5.91 Å². The Kier molecular flexibility index (Phi) is 6.01. The Hall–Kier alpha value is -2.44. The third kappa shape index (κ3) is 5.09. The molecule has 0 N–H and O–H groups in total. The highest BCUT2D eigenvalue weighted by Crippen LogP contribution is 2.31. The molecule has 1 aromatic rings. The molecule has 1 fully saturated rings. The molecule has 154 valence electrons. The number of ether oxygens (including phenoxy) is 3. The van der Waals surface area contributed by atoms with Gasteiger partial charge in [-0.1, -0.05) is 12.1 Å². The Morgan fingerprint density at radius 1 is 1.25 bits per heavy atom. The maximum absolute atomic E-state index is 12.8. The van der Waals surface area contributed by atoms with Crippen LogP contribution in [0.5, 0.6) is 11.5 Å². The van der Waals surface area contributed by atoms with Crippen LogP contribution in [0.4, 0.5) is 4.79 Å². The molecular formula is C21H30N2O5. The van der Waals surface area contributed by atoms with Gasteiger partial charge in [0.15, 0.2) is 11.5 Å². The molecule has 1 saturated heterocycles. The summed E-state index contributed by atoms with van der Waals surface area (Å²) in [6, 6.07) is 7.35. The van der Waals surface area contributed by atoms with E-state index in [4.69, 9.17) is 14.2 Å². The van der Waals surface area contributed by atoms with Crippen LogP contribution in [0.1, 0.15) is 33.6 Å². The first kappa shape index (κ1) is 20.3. The van der Waals surface area contributed by atoms with Gasteiger partial charge in [-0.25, -0.2) is 4.79 Å². The predicted molar refractivity (Wildman–Crippen MR) is 105 cm³/mol. The Balaban J connectivity index is 1.53. The smallest absolute Gasteiger partial charge is 0.410 e. The molecule has 2 heterocycles. The second kappa shape index (κ2) is 8.29. The van der Waals surface area contributed by atoms with Crippen molar-refractivity contribution in [3.8, 4) is 11.5 Å². The monoisotopic (exact) mass is 390 g/mol. The van der Waals surface area contributed by atoms with E-state index in [2.05, 4.69) is 0 Å². The molecule has 0 unspecified atom stereocenters. The maximum atomic E-state index is 12.8. The van der Waals surface area contributed by atoms with Gasteiger partial charge in [-0.15, -0.1) is 0 Å². The first-order chi connectivity index (χ1) is 13.2. The summed E-state index contributed by atoms with van der Waals surface area (Å²) in [5, 5.41) is 0. The molecule has 7 heteroatoms. The van der Waals surface area contributed by atoms with Gasteiger partial charge >= 0.3 is 6.09 Å². The fourth-order valence-corrected chi connectivity index (χ4v) is 3.57. The van der Waals surface area contributed by atoms with E-state index in [1.54, 1.807) is 22.9 Å². The lowest BCUT2D eigenvalue weighted by Gasteiger charge is -2.36. The van der Waals surface area contributed by atoms with Crippen molar-refractivity contribution in [2.24, 2.45) is 5.92 Å². The van der Waals surface area contributed by atoms with E-state index in [1.165, 1.54) is 0 Å². The van der Waals surface area contributed by atoms with Crippen molar-refractivity contribution in [2.75, 3.05) is 33.3 Å². The Morgan fingerprint density at radius 3 is 2.68 bits per heavy atom. The topological polar surface area (TPSA) is 68.3 Å². The number of para-hydroxylation sites is 2. The normalized spacial score (nSPS) is 21.8. The van der Waals surface area contributed by atoms with Crippen molar-refractivity contribution >= 4 is 12.0 Å². The highest BCUT2D eigenvalue weighted by molar-refractivity contribution is 5.81. The van der Waals surface area contributed by atoms with E-state index < -0.39 is 11.7 Å². The molecule has 2 aliphatic rings. The van der Waals surface area contributed by atoms with Crippen LogP contribution in [0.3, 0.4) is 0 Å². The lowest BCUT2D eigenvalue weighted by Crippen LogP contribution is -2.49. The zero-order valence-electron chi connectivity index (χ0n) is 17.1. The lowest BCUT2D eigenvalue weighted by molar-refractivity contribution is -0.140. The molecule has 0 bridgehead atoms. The number of fused-ring (bicyclic) bond motifs is 1. The van der Waals surface area contributed by atoms with Crippen molar-refractivity contribution in [1.29, 1.82) is 0 Å². The van der Waals surface area contributed by atoms with Crippen LogP contribution in [0.15, 0.2) is 24.3 Å². The minimum atomic E-state index is -0.648. The van der Waals surface area contributed by atoms with E-state index in [0.717, 1.165) is 12.8 Å². The van der Waals surface area contributed by atoms with Gasteiger partial charge in [-0.3, -0.25) is 4.79 Å². The first-order valence-corrected chi connectivity index (χ1v) is 9.84. The number of nitrogens with zero attached hydrogens (tertiary/aromatic N) is 2. The van der Waals surface area contributed by atoms with Crippen LogP contribution in [0, 0.1) is 5.92 Å². The first-order valence-electron chi connectivity index (χ1n) is 9.84. The average molecular weight is 390 g/mol. The van der Waals surface area contributed by atoms with Crippen molar-refractivity contribution in [1.82, 2.24) is 9.80 Å². The fourth-order valence-electron chi connectivity index (χ4n) is 3.57. The van der Waals surface area contributed by atoms with Crippen molar-refractivity contribution < 1.29 is 23.8 Å². The van der Waals surface area contributed by atoms with Crippen LogP contribution in [-0.2, 0) is 9.53 Å². The molecule has 0 radical (unpaired) electrons. The molecule has 2 atom stereocenters. The number of likely N-dealkylation sites (tertiary alicyclic amines) is 1. The molecule has 3 rings (SSSR count). The van der Waals surface area contributed by atoms with Crippen molar-refractivity contribution in [3.05, 3.63) is 24.3 Å². The number of hydrogen-bond donors (Lipinski definition) is 0. The van der Waals surface area contributed by atoms with E-state index in [0.29, 0.717) is 31.1 Å². The largest absolute Gasteiger partial charge is 0.485 e.